The van der Waals surface area contributed by atoms with Crippen LogP contribution < -0.4 is 0 Å². The first-order chi connectivity index (χ1) is 16.3. The maximum atomic E-state index is 5.04. The number of aromatic amines is 2. The number of benzene rings is 2. The van der Waals surface area contributed by atoms with Crippen LogP contribution in [0.15, 0.2) is 65.2 Å². The summed E-state index contributed by atoms with van der Waals surface area (Å²) in [5.74, 6) is 0.568. The largest absolute Gasteiger partial charge is 0.358 e. The van der Waals surface area contributed by atoms with Crippen LogP contribution in [0.4, 0.5) is 0 Å². The van der Waals surface area contributed by atoms with Gasteiger partial charge in [-0.2, -0.15) is 0 Å². The number of H-pyrrole nitrogens is 2. The Bertz CT molecular complexity index is 1430. The standard InChI is InChI=1S/C29H30N4/c1-2-18-16-33-17-24-22-8-4-5-9-25(22)31-27(24)15-20(33)13-19(18)14-28-29-23(11-12-30-28)21-7-3-6-10-26(21)32-29/h2-10,19-20,31-32H,11-17H2,1H3. The number of hydrogen-bond acceptors (Lipinski definition) is 2. The first-order valence-corrected chi connectivity index (χ1v) is 12.4. The van der Waals surface area contributed by atoms with Gasteiger partial charge in [0.15, 0.2) is 0 Å². The normalized spacial score (nSPS) is 24.0. The third-order valence-corrected chi connectivity index (χ3v) is 8.26. The Hall–Kier alpha value is -3.11. The Labute approximate surface area is 194 Å². The summed E-state index contributed by atoms with van der Waals surface area (Å²) in [6.07, 6.45) is 6.80. The van der Waals surface area contributed by atoms with E-state index in [9.17, 15) is 0 Å². The Kier molecular flexibility index (Phi) is 4.38. The monoisotopic (exact) mass is 434 g/mol. The van der Waals surface area contributed by atoms with E-state index in [4.69, 9.17) is 4.99 Å². The van der Waals surface area contributed by atoms with Crippen molar-refractivity contribution in [1.29, 1.82) is 0 Å². The molecule has 33 heavy (non-hydrogen) atoms. The smallest absolute Gasteiger partial charge is 0.0638 e. The molecular weight excluding hydrogens is 404 g/mol. The maximum absolute atomic E-state index is 5.04. The van der Waals surface area contributed by atoms with Crippen LogP contribution in [0.5, 0.6) is 0 Å². The number of nitrogens with one attached hydrogen (secondary N) is 2. The first-order valence-electron chi connectivity index (χ1n) is 12.4. The van der Waals surface area contributed by atoms with Gasteiger partial charge in [-0.1, -0.05) is 48.0 Å². The predicted octanol–water partition coefficient (Wildman–Crippen LogP) is 5.78. The summed E-state index contributed by atoms with van der Waals surface area (Å²) in [7, 11) is 0. The third kappa shape index (κ3) is 3.04. The number of aromatic nitrogens is 2. The Morgan fingerprint density at radius 1 is 0.970 bits per heavy atom. The van der Waals surface area contributed by atoms with Gasteiger partial charge in [0, 0.05) is 59.6 Å². The fraction of sp³-hybridized carbons (Fsp3) is 0.345. The zero-order chi connectivity index (χ0) is 21.9. The number of fused-ring (bicyclic) bond motifs is 7. The average molecular weight is 435 g/mol. The Balaban J connectivity index is 1.18. The Morgan fingerprint density at radius 2 is 1.73 bits per heavy atom. The second kappa shape index (κ2) is 7.46. The van der Waals surface area contributed by atoms with E-state index in [1.54, 1.807) is 5.57 Å². The molecule has 0 radical (unpaired) electrons. The zero-order valence-electron chi connectivity index (χ0n) is 19.2. The predicted molar refractivity (Wildman–Crippen MR) is 136 cm³/mol. The molecule has 0 spiro atoms. The van der Waals surface area contributed by atoms with Gasteiger partial charge in [0.1, 0.15) is 0 Å². The van der Waals surface area contributed by atoms with Crippen molar-refractivity contribution < 1.29 is 0 Å². The van der Waals surface area contributed by atoms with Crippen molar-refractivity contribution in [3.63, 3.8) is 0 Å². The van der Waals surface area contributed by atoms with Crippen molar-refractivity contribution >= 4 is 27.5 Å². The molecule has 4 aromatic rings. The average Bonchev–Trinajstić information content (AvgIpc) is 3.41. The van der Waals surface area contributed by atoms with Gasteiger partial charge < -0.3 is 9.97 Å². The van der Waals surface area contributed by atoms with E-state index in [1.165, 1.54) is 56.5 Å². The molecule has 2 N–H and O–H groups in total. The SMILES string of the molecule is CC=C1CN2Cc3c([nH]c4ccccc34)CC2CC1CC1=NCCc2c1[nH]c1ccccc21. The number of aliphatic imine (C=N–C) groups is 1. The minimum Gasteiger partial charge on any atom is -0.358 e. The summed E-state index contributed by atoms with van der Waals surface area (Å²) in [6, 6.07) is 18.1. The second-order valence-corrected chi connectivity index (χ2v) is 9.99. The summed E-state index contributed by atoms with van der Waals surface area (Å²) >= 11 is 0. The number of piperidine rings is 1. The molecular formula is C29H30N4. The molecule has 0 bridgehead atoms. The van der Waals surface area contributed by atoms with E-state index < -0.39 is 0 Å². The number of rotatable bonds is 2. The van der Waals surface area contributed by atoms with Crippen molar-refractivity contribution in [3.8, 4) is 0 Å². The fourth-order valence-corrected chi connectivity index (χ4v) is 6.60. The highest BCUT2D eigenvalue weighted by Gasteiger charge is 2.37. The highest BCUT2D eigenvalue weighted by Crippen LogP contribution is 2.39. The van der Waals surface area contributed by atoms with Crippen molar-refractivity contribution in [2.24, 2.45) is 10.9 Å². The van der Waals surface area contributed by atoms with Gasteiger partial charge in [0.05, 0.1) is 11.4 Å². The lowest BCUT2D eigenvalue weighted by Crippen LogP contribution is -2.47. The van der Waals surface area contributed by atoms with Crippen molar-refractivity contribution in [2.75, 3.05) is 13.1 Å². The molecule has 2 aromatic carbocycles. The van der Waals surface area contributed by atoms with Crippen LogP contribution in [-0.4, -0.2) is 39.7 Å². The van der Waals surface area contributed by atoms with Crippen LogP contribution in [0.3, 0.4) is 0 Å². The maximum Gasteiger partial charge on any atom is 0.0638 e. The Morgan fingerprint density at radius 3 is 2.55 bits per heavy atom. The lowest BCUT2D eigenvalue weighted by atomic mass is 9.78. The summed E-state index contributed by atoms with van der Waals surface area (Å²) in [5.41, 5.74) is 11.1. The van der Waals surface area contributed by atoms with E-state index >= 15 is 0 Å². The molecule has 3 aliphatic rings. The first kappa shape index (κ1) is 19.4. The van der Waals surface area contributed by atoms with Crippen LogP contribution in [-0.2, 0) is 19.4 Å². The molecule has 0 saturated carbocycles. The van der Waals surface area contributed by atoms with Crippen LogP contribution >= 0.6 is 0 Å². The molecule has 1 saturated heterocycles. The van der Waals surface area contributed by atoms with E-state index in [-0.39, 0.29) is 0 Å². The molecule has 2 aromatic heterocycles. The molecule has 0 amide bonds. The minimum absolute atomic E-state index is 0.568. The van der Waals surface area contributed by atoms with Gasteiger partial charge in [-0.3, -0.25) is 9.89 Å². The number of para-hydroxylation sites is 2. The van der Waals surface area contributed by atoms with Gasteiger partial charge in [-0.15, -0.1) is 0 Å². The number of nitrogens with zero attached hydrogens (tertiary/aromatic N) is 2. The van der Waals surface area contributed by atoms with Gasteiger partial charge in [-0.25, -0.2) is 0 Å². The molecule has 166 valence electrons. The highest BCUT2D eigenvalue weighted by atomic mass is 15.2. The summed E-state index contributed by atoms with van der Waals surface area (Å²) in [6.45, 7) is 5.27. The van der Waals surface area contributed by atoms with Crippen LogP contribution in [0.1, 0.15) is 42.3 Å². The number of hydrogen-bond donors (Lipinski definition) is 2. The third-order valence-electron chi connectivity index (χ3n) is 8.26. The molecule has 5 heterocycles. The van der Waals surface area contributed by atoms with Gasteiger partial charge in [-0.05, 0) is 55.4 Å². The molecule has 4 heteroatoms. The second-order valence-electron chi connectivity index (χ2n) is 9.99. The zero-order valence-corrected chi connectivity index (χ0v) is 19.2. The van der Waals surface area contributed by atoms with E-state index in [2.05, 4.69) is 76.4 Å². The lowest BCUT2D eigenvalue weighted by molar-refractivity contribution is 0.131. The molecule has 1 fully saturated rings. The summed E-state index contributed by atoms with van der Waals surface area (Å²) in [4.78, 5) is 15.2. The lowest BCUT2D eigenvalue weighted by Gasteiger charge is -2.44. The van der Waals surface area contributed by atoms with Gasteiger partial charge in [0.2, 0.25) is 0 Å². The topological polar surface area (TPSA) is 47.2 Å². The molecule has 3 aliphatic heterocycles. The van der Waals surface area contributed by atoms with Crippen molar-refractivity contribution in [1.82, 2.24) is 14.9 Å². The fourth-order valence-electron chi connectivity index (χ4n) is 6.60. The quantitative estimate of drug-likeness (QED) is 0.386. The van der Waals surface area contributed by atoms with Gasteiger partial charge >= 0.3 is 0 Å². The van der Waals surface area contributed by atoms with E-state index in [1.807, 2.05) is 0 Å². The van der Waals surface area contributed by atoms with Crippen LogP contribution in [0, 0.1) is 5.92 Å². The molecule has 2 unspecified atom stereocenters. The molecule has 2 atom stereocenters. The van der Waals surface area contributed by atoms with Crippen molar-refractivity contribution in [3.05, 3.63) is 82.7 Å². The van der Waals surface area contributed by atoms with Crippen LogP contribution in [0.2, 0.25) is 0 Å². The van der Waals surface area contributed by atoms with Gasteiger partial charge in [0.25, 0.3) is 0 Å². The number of allylic oxidation sites excluding steroid dienone is 1. The molecule has 4 nitrogen and oxygen atoms in total. The van der Waals surface area contributed by atoms with Crippen LogP contribution in [0.25, 0.3) is 21.8 Å². The van der Waals surface area contributed by atoms with E-state index in [0.717, 1.165) is 38.9 Å². The molecule has 0 aliphatic carbocycles. The molecule has 7 rings (SSSR count). The highest BCUT2D eigenvalue weighted by molar-refractivity contribution is 6.06. The summed E-state index contributed by atoms with van der Waals surface area (Å²) < 4.78 is 0. The minimum atomic E-state index is 0.568. The summed E-state index contributed by atoms with van der Waals surface area (Å²) in [5, 5.41) is 2.78. The van der Waals surface area contributed by atoms with E-state index in [0.29, 0.717) is 12.0 Å². The van der Waals surface area contributed by atoms with Crippen molar-refractivity contribution in [2.45, 2.75) is 45.2 Å².